The van der Waals surface area contributed by atoms with E-state index in [-0.39, 0.29) is 0 Å². The number of rotatable bonds is 4. The Morgan fingerprint density at radius 3 is 2.88 bits per heavy atom. The molecule has 4 heteroatoms. The van der Waals surface area contributed by atoms with Crippen LogP contribution in [0.15, 0.2) is 12.4 Å². The predicted octanol–water partition coefficient (Wildman–Crippen LogP) is 1.64. The molecule has 2 unspecified atom stereocenters. The summed E-state index contributed by atoms with van der Waals surface area (Å²) in [5.41, 5.74) is 0.770. The van der Waals surface area contributed by atoms with Gasteiger partial charge in [-0.25, -0.2) is 9.97 Å². The van der Waals surface area contributed by atoms with Crippen LogP contribution in [0.4, 0.5) is 0 Å². The van der Waals surface area contributed by atoms with Crippen LogP contribution >= 0.6 is 0 Å². The van der Waals surface area contributed by atoms with E-state index in [0.717, 1.165) is 5.69 Å². The molecule has 17 heavy (non-hydrogen) atoms. The van der Waals surface area contributed by atoms with Crippen LogP contribution in [0.1, 0.15) is 25.0 Å². The normalized spacial score (nSPS) is 29.8. The van der Waals surface area contributed by atoms with Crippen molar-refractivity contribution < 1.29 is 9.53 Å². The zero-order chi connectivity index (χ0) is 11.8. The Labute approximate surface area is 100 Å². The first kappa shape index (κ1) is 10.7. The highest BCUT2D eigenvalue weighted by molar-refractivity contribution is 5.86. The molecule has 0 radical (unpaired) electrons. The zero-order valence-electron chi connectivity index (χ0n) is 9.93. The average molecular weight is 232 g/mol. The number of Topliss-reactive ketones (excluding diaryl/α,β-unsaturated/α-hetero) is 1. The summed E-state index contributed by atoms with van der Waals surface area (Å²) >= 11 is 0. The van der Waals surface area contributed by atoms with Crippen molar-refractivity contribution >= 4 is 5.78 Å². The molecule has 1 aromatic heterocycles. The lowest BCUT2D eigenvalue weighted by molar-refractivity contribution is -0.120. The number of carbonyl (C=O) groups is 1. The molecule has 2 aliphatic carbocycles. The van der Waals surface area contributed by atoms with E-state index in [9.17, 15) is 4.79 Å². The summed E-state index contributed by atoms with van der Waals surface area (Å²) < 4.78 is 5.02. The highest BCUT2D eigenvalue weighted by atomic mass is 16.5. The molecular formula is C13H16N2O2. The lowest BCUT2D eigenvalue weighted by atomic mass is 10.0. The lowest BCUT2D eigenvalue weighted by Gasteiger charge is -2.03. The number of carbonyl (C=O) groups excluding carboxylic acids is 1. The third-order valence-electron chi connectivity index (χ3n) is 4.04. The molecule has 2 fully saturated rings. The summed E-state index contributed by atoms with van der Waals surface area (Å²) in [6.07, 6.45) is 5.68. The number of methoxy groups -OCH3 is 1. The van der Waals surface area contributed by atoms with Gasteiger partial charge < -0.3 is 4.74 Å². The second kappa shape index (κ2) is 4.09. The van der Waals surface area contributed by atoms with Crippen LogP contribution in [0.25, 0.3) is 0 Å². The van der Waals surface area contributed by atoms with Gasteiger partial charge in [0.25, 0.3) is 0 Å². The molecule has 0 bridgehead atoms. The Morgan fingerprint density at radius 2 is 2.18 bits per heavy atom. The molecule has 4 nitrogen and oxygen atoms in total. The fraction of sp³-hybridized carbons (Fsp3) is 0.615. The van der Waals surface area contributed by atoms with Crippen molar-refractivity contribution in [3.05, 3.63) is 18.1 Å². The van der Waals surface area contributed by atoms with Gasteiger partial charge in [-0.15, -0.1) is 0 Å². The summed E-state index contributed by atoms with van der Waals surface area (Å²) in [7, 11) is 1.57. The first-order valence-electron chi connectivity index (χ1n) is 6.17. The summed E-state index contributed by atoms with van der Waals surface area (Å²) in [6, 6.07) is 1.75. The largest absolute Gasteiger partial charge is 0.481 e. The number of ketones is 1. The van der Waals surface area contributed by atoms with Gasteiger partial charge in [-0.3, -0.25) is 4.79 Å². The van der Waals surface area contributed by atoms with Gasteiger partial charge in [-0.1, -0.05) is 6.42 Å². The molecule has 0 spiro atoms. The maximum Gasteiger partial charge on any atom is 0.216 e. The summed E-state index contributed by atoms with van der Waals surface area (Å²) in [5, 5.41) is 0. The average Bonchev–Trinajstić information content (AvgIpc) is 2.84. The minimum atomic E-state index is 0.324. The van der Waals surface area contributed by atoms with Crippen LogP contribution in [0.3, 0.4) is 0 Å². The van der Waals surface area contributed by atoms with E-state index in [1.165, 1.54) is 25.6 Å². The molecular weight excluding hydrogens is 216 g/mol. The number of ether oxygens (including phenoxy) is 1. The molecule has 90 valence electrons. The van der Waals surface area contributed by atoms with E-state index in [4.69, 9.17) is 4.74 Å². The Bertz CT molecular complexity index is 437. The lowest BCUT2D eigenvalue weighted by Crippen LogP contribution is -2.10. The number of hydrogen-bond donors (Lipinski definition) is 0. The van der Waals surface area contributed by atoms with Crippen LogP contribution in [0, 0.1) is 17.8 Å². The van der Waals surface area contributed by atoms with Crippen LogP contribution in [0.5, 0.6) is 5.88 Å². The van der Waals surface area contributed by atoms with Crippen molar-refractivity contribution in [3.63, 3.8) is 0 Å². The molecule has 3 rings (SSSR count). The fourth-order valence-corrected chi connectivity index (χ4v) is 3.18. The van der Waals surface area contributed by atoms with Crippen molar-refractivity contribution in [2.45, 2.75) is 25.7 Å². The third kappa shape index (κ3) is 1.92. The Kier molecular flexibility index (Phi) is 2.57. The van der Waals surface area contributed by atoms with Crippen LogP contribution in [0.2, 0.25) is 0 Å². The molecule has 1 aromatic rings. The number of hydrogen-bond acceptors (Lipinski definition) is 4. The molecule has 2 saturated carbocycles. The predicted molar refractivity (Wildman–Crippen MR) is 61.6 cm³/mol. The molecule has 0 aliphatic heterocycles. The maximum absolute atomic E-state index is 12.1. The Balaban J connectivity index is 1.64. The zero-order valence-corrected chi connectivity index (χ0v) is 9.93. The van der Waals surface area contributed by atoms with Crippen molar-refractivity contribution in [1.29, 1.82) is 0 Å². The summed E-state index contributed by atoms with van der Waals surface area (Å²) in [5.74, 6) is 2.57. The van der Waals surface area contributed by atoms with Crippen molar-refractivity contribution in [1.82, 2.24) is 9.97 Å². The van der Waals surface area contributed by atoms with Gasteiger partial charge in [-0.2, -0.15) is 0 Å². The van der Waals surface area contributed by atoms with Crippen molar-refractivity contribution in [2.24, 2.45) is 17.8 Å². The van der Waals surface area contributed by atoms with Gasteiger partial charge in [-0.05, 0) is 24.7 Å². The molecule has 0 aromatic carbocycles. The van der Waals surface area contributed by atoms with Crippen molar-refractivity contribution in [3.8, 4) is 5.88 Å². The van der Waals surface area contributed by atoms with Crippen LogP contribution in [-0.4, -0.2) is 22.9 Å². The highest BCUT2D eigenvalue weighted by Crippen LogP contribution is 2.58. The van der Waals surface area contributed by atoms with Gasteiger partial charge in [0.2, 0.25) is 5.88 Å². The minimum Gasteiger partial charge on any atom is -0.481 e. The molecule has 0 amide bonds. The molecule has 2 aliphatic rings. The van der Waals surface area contributed by atoms with Gasteiger partial charge >= 0.3 is 0 Å². The quantitative estimate of drug-likeness (QED) is 0.792. The van der Waals surface area contributed by atoms with Crippen LogP contribution in [-0.2, 0) is 11.2 Å². The second-order valence-electron chi connectivity index (χ2n) is 4.98. The van der Waals surface area contributed by atoms with E-state index in [1.807, 2.05) is 0 Å². The second-order valence-corrected chi connectivity index (χ2v) is 4.98. The first-order valence-corrected chi connectivity index (χ1v) is 6.17. The highest BCUT2D eigenvalue weighted by Gasteiger charge is 2.55. The smallest absolute Gasteiger partial charge is 0.216 e. The monoisotopic (exact) mass is 232 g/mol. The topological polar surface area (TPSA) is 52.1 Å². The third-order valence-corrected chi connectivity index (χ3v) is 4.04. The molecule has 1 heterocycles. The Morgan fingerprint density at radius 1 is 1.41 bits per heavy atom. The standard InChI is InChI=1S/C13H16N2O2/c1-17-12-6-8(14-7-15-12)5-11(16)13-9-3-2-4-10(9)13/h6-7,9-10,13H,2-5H2,1H3. The first-order chi connectivity index (χ1) is 8.29. The molecule has 0 saturated heterocycles. The SMILES string of the molecule is COc1cc(CC(=O)C2C3CCCC32)ncn1. The number of fused-ring (bicyclic) bond motifs is 1. The Hall–Kier alpha value is -1.45. The molecule has 0 N–H and O–H groups in total. The van der Waals surface area contributed by atoms with Crippen LogP contribution < -0.4 is 4.74 Å². The van der Waals surface area contributed by atoms with E-state index in [0.29, 0.717) is 35.8 Å². The van der Waals surface area contributed by atoms with Crippen molar-refractivity contribution in [2.75, 3.05) is 7.11 Å². The van der Waals surface area contributed by atoms with Gasteiger partial charge in [0, 0.05) is 18.4 Å². The number of nitrogens with zero attached hydrogens (tertiary/aromatic N) is 2. The maximum atomic E-state index is 12.1. The summed E-state index contributed by atoms with van der Waals surface area (Å²) in [4.78, 5) is 20.1. The van der Waals surface area contributed by atoms with E-state index < -0.39 is 0 Å². The van der Waals surface area contributed by atoms with Gasteiger partial charge in [0.05, 0.1) is 12.8 Å². The fourth-order valence-electron chi connectivity index (χ4n) is 3.18. The van der Waals surface area contributed by atoms with Gasteiger partial charge in [0.1, 0.15) is 12.1 Å². The summed E-state index contributed by atoms with van der Waals surface area (Å²) in [6.45, 7) is 0. The molecule has 2 atom stereocenters. The van der Waals surface area contributed by atoms with E-state index in [1.54, 1.807) is 13.2 Å². The minimum absolute atomic E-state index is 0.324. The van der Waals surface area contributed by atoms with E-state index in [2.05, 4.69) is 9.97 Å². The number of aromatic nitrogens is 2. The van der Waals surface area contributed by atoms with E-state index >= 15 is 0 Å². The van der Waals surface area contributed by atoms with Gasteiger partial charge in [0.15, 0.2) is 0 Å².